The van der Waals surface area contributed by atoms with Gasteiger partial charge >= 0.3 is 6.09 Å². The molecule has 0 atom stereocenters. The highest BCUT2D eigenvalue weighted by atomic mass is 35.5. The van der Waals surface area contributed by atoms with Crippen LogP contribution in [0.2, 0.25) is 5.02 Å². The zero-order valence-corrected chi connectivity index (χ0v) is 16.8. The number of hydrogen-bond donors (Lipinski definition) is 1. The molecule has 1 aliphatic rings. The minimum Gasteiger partial charge on any atom is -0.450 e. The van der Waals surface area contributed by atoms with Gasteiger partial charge in [0.15, 0.2) is 4.34 Å². The standard InChI is InChI=1S/C17H20ClN3O3S2/c1-2-24-17(23)21-7-5-12(6-8-21)19-15(22)10-25-16-20-13-9-11(18)3-4-14(13)26-16/h3-4,9,12H,2,5-8,10H2,1H3,(H,19,22). The number of thioether (sulfide) groups is 1. The fraction of sp³-hybridized carbons (Fsp3) is 0.471. The van der Waals surface area contributed by atoms with Gasteiger partial charge < -0.3 is 15.0 Å². The monoisotopic (exact) mass is 413 g/mol. The Balaban J connectivity index is 1.43. The molecule has 2 amide bonds. The van der Waals surface area contributed by atoms with Crippen LogP contribution in [-0.2, 0) is 9.53 Å². The van der Waals surface area contributed by atoms with Gasteiger partial charge in [0.05, 0.1) is 22.6 Å². The summed E-state index contributed by atoms with van der Waals surface area (Å²) in [5.74, 6) is 0.313. The number of amides is 2. The third kappa shape index (κ3) is 5.02. The second-order valence-electron chi connectivity index (χ2n) is 5.91. The van der Waals surface area contributed by atoms with Gasteiger partial charge in [0.2, 0.25) is 5.91 Å². The zero-order chi connectivity index (χ0) is 18.5. The molecule has 0 spiro atoms. The molecule has 2 heterocycles. The molecule has 0 aliphatic carbocycles. The van der Waals surface area contributed by atoms with Crippen LogP contribution in [0.15, 0.2) is 22.5 Å². The van der Waals surface area contributed by atoms with Crippen LogP contribution < -0.4 is 5.32 Å². The molecule has 1 saturated heterocycles. The highest BCUT2D eigenvalue weighted by Crippen LogP contribution is 2.30. The van der Waals surface area contributed by atoms with Gasteiger partial charge in [-0.25, -0.2) is 9.78 Å². The molecule has 1 fully saturated rings. The SMILES string of the molecule is CCOC(=O)N1CCC(NC(=O)CSc2nc3cc(Cl)ccc3s2)CC1. The normalized spacial score (nSPS) is 15.2. The summed E-state index contributed by atoms with van der Waals surface area (Å²) in [7, 11) is 0. The van der Waals surface area contributed by atoms with Crippen molar-refractivity contribution < 1.29 is 14.3 Å². The molecule has 0 radical (unpaired) electrons. The molecule has 1 aromatic carbocycles. The second kappa shape index (κ2) is 8.92. The molecular formula is C17H20ClN3O3S2. The highest BCUT2D eigenvalue weighted by Gasteiger charge is 2.24. The molecule has 1 N–H and O–H groups in total. The minimum atomic E-state index is -0.274. The Hall–Kier alpha value is -1.51. The van der Waals surface area contributed by atoms with E-state index in [2.05, 4.69) is 10.3 Å². The number of piperidine rings is 1. The van der Waals surface area contributed by atoms with Gasteiger partial charge in [-0.3, -0.25) is 4.79 Å². The molecule has 0 bridgehead atoms. The first-order chi connectivity index (χ1) is 12.5. The van der Waals surface area contributed by atoms with E-state index in [9.17, 15) is 9.59 Å². The molecule has 3 rings (SSSR count). The summed E-state index contributed by atoms with van der Waals surface area (Å²) in [5.41, 5.74) is 0.858. The van der Waals surface area contributed by atoms with Gasteiger partial charge in [-0.05, 0) is 38.0 Å². The zero-order valence-electron chi connectivity index (χ0n) is 14.4. The van der Waals surface area contributed by atoms with E-state index in [1.165, 1.54) is 11.8 Å². The first-order valence-electron chi connectivity index (χ1n) is 8.45. The maximum atomic E-state index is 12.2. The van der Waals surface area contributed by atoms with Crippen molar-refractivity contribution in [1.29, 1.82) is 0 Å². The van der Waals surface area contributed by atoms with Crippen molar-refractivity contribution in [2.75, 3.05) is 25.4 Å². The van der Waals surface area contributed by atoms with E-state index in [1.54, 1.807) is 23.2 Å². The van der Waals surface area contributed by atoms with Crippen molar-refractivity contribution in [1.82, 2.24) is 15.2 Å². The van der Waals surface area contributed by atoms with E-state index in [1.807, 2.05) is 18.2 Å². The number of carbonyl (C=O) groups is 2. The van der Waals surface area contributed by atoms with Crippen LogP contribution in [0.3, 0.4) is 0 Å². The van der Waals surface area contributed by atoms with Crippen LogP contribution in [0.5, 0.6) is 0 Å². The Labute approximate surface area is 165 Å². The summed E-state index contributed by atoms with van der Waals surface area (Å²) in [6, 6.07) is 5.71. The van der Waals surface area contributed by atoms with Gasteiger partial charge in [0.25, 0.3) is 0 Å². The lowest BCUT2D eigenvalue weighted by Crippen LogP contribution is -2.47. The van der Waals surface area contributed by atoms with E-state index in [0.29, 0.717) is 30.5 Å². The summed E-state index contributed by atoms with van der Waals surface area (Å²) in [5, 5.41) is 3.70. The number of ether oxygens (including phenoxy) is 1. The maximum absolute atomic E-state index is 12.2. The predicted octanol–water partition coefficient (Wildman–Crippen LogP) is 3.78. The van der Waals surface area contributed by atoms with Gasteiger partial charge in [-0.15, -0.1) is 11.3 Å². The number of rotatable bonds is 5. The Morgan fingerprint density at radius 2 is 2.19 bits per heavy atom. The van der Waals surface area contributed by atoms with Gasteiger partial charge in [0, 0.05) is 24.2 Å². The minimum absolute atomic E-state index is 0.0122. The number of likely N-dealkylation sites (tertiary alicyclic amines) is 1. The Morgan fingerprint density at radius 3 is 2.92 bits per heavy atom. The van der Waals surface area contributed by atoms with E-state index >= 15 is 0 Å². The molecule has 9 heteroatoms. The van der Waals surface area contributed by atoms with Crippen LogP contribution in [0.25, 0.3) is 10.2 Å². The van der Waals surface area contributed by atoms with Crippen LogP contribution >= 0.6 is 34.7 Å². The number of carbonyl (C=O) groups excluding carboxylic acids is 2. The third-order valence-electron chi connectivity index (χ3n) is 4.04. The maximum Gasteiger partial charge on any atom is 0.409 e. The van der Waals surface area contributed by atoms with Gasteiger partial charge in [-0.1, -0.05) is 23.4 Å². The lowest BCUT2D eigenvalue weighted by molar-refractivity contribution is -0.119. The van der Waals surface area contributed by atoms with Gasteiger partial charge in [-0.2, -0.15) is 0 Å². The van der Waals surface area contributed by atoms with Crippen LogP contribution in [0.4, 0.5) is 4.79 Å². The molecule has 140 valence electrons. The molecule has 0 unspecified atom stereocenters. The Morgan fingerprint density at radius 1 is 1.42 bits per heavy atom. The van der Waals surface area contributed by atoms with Crippen LogP contribution in [0.1, 0.15) is 19.8 Å². The fourth-order valence-electron chi connectivity index (χ4n) is 2.76. The van der Waals surface area contributed by atoms with E-state index in [-0.39, 0.29) is 18.0 Å². The van der Waals surface area contributed by atoms with E-state index in [4.69, 9.17) is 16.3 Å². The lowest BCUT2D eigenvalue weighted by Gasteiger charge is -2.31. The Bertz CT molecular complexity index is 791. The van der Waals surface area contributed by atoms with Crippen molar-refractivity contribution in [2.45, 2.75) is 30.1 Å². The Kier molecular flexibility index (Phi) is 6.61. The van der Waals surface area contributed by atoms with Crippen LogP contribution in [0, 0.1) is 0 Å². The summed E-state index contributed by atoms with van der Waals surface area (Å²) in [4.78, 5) is 30.1. The van der Waals surface area contributed by atoms with Crippen LogP contribution in [-0.4, -0.2) is 53.4 Å². The number of fused-ring (bicyclic) bond motifs is 1. The van der Waals surface area contributed by atoms with Crippen molar-refractivity contribution in [3.05, 3.63) is 23.2 Å². The molecule has 26 heavy (non-hydrogen) atoms. The molecule has 1 aromatic heterocycles. The summed E-state index contributed by atoms with van der Waals surface area (Å²) < 4.78 is 6.91. The summed E-state index contributed by atoms with van der Waals surface area (Å²) in [6.07, 6.45) is 1.22. The van der Waals surface area contributed by atoms with Crippen molar-refractivity contribution in [3.8, 4) is 0 Å². The van der Waals surface area contributed by atoms with Gasteiger partial charge in [0.1, 0.15) is 0 Å². The first kappa shape index (κ1) is 19.3. The van der Waals surface area contributed by atoms with E-state index < -0.39 is 0 Å². The number of hydrogen-bond acceptors (Lipinski definition) is 6. The number of thiazole rings is 1. The first-order valence-corrected chi connectivity index (χ1v) is 10.6. The second-order valence-corrected chi connectivity index (χ2v) is 8.60. The predicted molar refractivity (Wildman–Crippen MR) is 105 cm³/mol. The average Bonchev–Trinajstić information content (AvgIpc) is 3.03. The summed E-state index contributed by atoms with van der Waals surface area (Å²) in [6.45, 7) is 3.39. The quantitative estimate of drug-likeness (QED) is 0.755. The molecule has 6 nitrogen and oxygen atoms in total. The van der Waals surface area contributed by atoms with Crippen molar-refractivity contribution >= 4 is 56.9 Å². The van der Waals surface area contributed by atoms with E-state index in [0.717, 1.165) is 27.4 Å². The molecule has 0 saturated carbocycles. The fourth-order valence-corrected chi connectivity index (χ4v) is 4.79. The topological polar surface area (TPSA) is 71.5 Å². The number of benzene rings is 1. The molecule has 1 aliphatic heterocycles. The molecule has 2 aromatic rings. The molecular weight excluding hydrogens is 394 g/mol. The highest BCUT2D eigenvalue weighted by molar-refractivity contribution is 8.01. The summed E-state index contributed by atoms with van der Waals surface area (Å²) >= 11 is 8.96. The largest absolute Gasteiger partial charge is 0.450 e. The smallest absolute Gasteiger partial charge is 0.409 e. The number of nitrogens with zero attached hydrogens (tertiary/aromatic N) is 2. The number of aromatic nitrogens is 1. The third-order valence-corrected chi connectivity index (χ3v) is 6.46. The number of nitrogens with one attached hydrogen (secondary N) is 1. The lowest BCUT2D eigenvalue weighted by atomic mass is 10.1. The van der Waals surface area contributed by atoms with Crippen molar-refractivity contribution in [3.63, 3.8) is 0 Å². The number of halogens is 1. The average molecular weight is 414 g/mol. The van der Waals surface area contributed by atoms with Crippen molar-refractivity contribution in [2.24, 2.45) is 0 Å².